The van der Waals surface area contributed by atoms with Gasteiger partial charge in [0.1, 0.15) is 10.7 Å². The zero-order chi connectivity index (χ0) is 15.5. The van der Waals surface area contributed by atoms with Crippen molar-refractivity contribution in [1.82, 2.24) is 5.16 Å². The average molecular weight is 320 g/mol. The summed E-state index contributed by atoms with van der Waals surface area (Å²) in [6.45, 7) is 3.45. The predicted molar refractivity (Wildman–Crippen MR) is 84.2 cm³/mol. The maximum Gasteiger partial charge on any atom is 0.221 e. The maximum absolute atomic E-state index is 12.4. The summed E-state index contributed by atoms with van der Waals surface area (Å²) in [5, 5.41) is 4.28. The molecule has 2 heterocycles. The first kappa shape index (κ1) is 15.3. The van der Waals surface area contributed by atoms with Gasteiger partial charge < -0.3 is 9.26 Å². The van der Waals surface area contributed by atoms with Gasteiger partial charge >= 0.3 is 0 Å². The molecule has 0 bridgehead atoms. The van der Waals surface area contributed by atoms with Crippen molar-refractivity contribution in [2.45, 2.75) is 26.2 Å². The van der Waals surface area contributed by atoms with E-state index < -0.39 is 0 Å². The highest BCUT2D eigenvalue weighted by Gasteiger charge is 2.25. The monoisotopic (exact) mass is 319 g/mol. The molecule has 0 saturated carbocycles. The van der Waals surface area contributed by atoms with Crippen LogP contribution in [0, 0.1) is 12.8 Å². The molecule has 0 unspecified atom stereocenters. The number of carbonyl (C=O) groups is 1. The van der Waals surface area contributed by atoms with E-state index in [1.54, 1.807) is 0 Å². The van der Waals surface area contributed by atoms with Crippen molar-refractivity contribution < 1.29 is 14.1 Å². The van der Waals surface area contributed by atoms with Crippen molar-refractivity contribution in [2.75, 3.05) is 13.2 Å². The van der Waals surface area contributed by atoms with Gasteiger partial charge in [-0.2, -0.15) is 0 Å². The number of nitrogens with zero attached hydrogens (tertiary/aromatic N) is 1. The molecule has 4 nitrogen and oxygen atoms in total. The third-order valence-electron chi connectivity index (χ3n) is 4.03. The van der Waals surface area contributed by atoms with E-state index in [2.05, 4.69) is 5.16 Å². The van der Waals surface area contributed by atoms with Gasteiger partial charge in [-0.05, 0) is 25.7 Å². The Kier molecular flexibility index (Phi) is 4.60. The van der Waals surface area contributed by atoms with Gasteiger partial charge in [0, 0.05) is 25.2 Å². The molecule has 1 aliphatic rings. The SMILES string of the molecule is Cc1ccc(-c2noc(C(=O)CC3CCOCC3)c2Cl)cc1. The maximum atomic E-state index is 12.4. The third kappa shape index (κ3) is 3.23. The summed E-state index contributed by atoms with van der Waals surface area (Å²) in [5.41, 5.74) is 2.53. The van der Waals surface area contributed by atoms with E-state index >= 15 is 0 Å². The number of Topliss-reactive ketones (excluding diaryl/α,β-unsaturated/α-hetero) is 1. The Morgan fingerprint density at radius 1 is 1.27 bits per heavy atom. The highest BCUT2D eigenvalue weighted by Crippen LogP contribution is 2.32. The minimum absolute atomic E-state index is 0.0808. The van der Waals surface area contributed by atoms with Crippen molar-refractivity contribution in [3.05, 3.63) is 40.6 Å². The molecule has 0 N–H and O–H groups in total. The summed E-state index contributed by atoms with van der Waals surface area (Å²) in [5.74, 6) is 0.428. The number of rotatable bonds is 4. The lowest BCUT2D eigenvalue weighted by molar-refractivity contribution is 0.0590. The second-order valence-corrected chi connectivity index (χ2v) is 6.10. The Labute approximate surface area is 134 Å². The van der Waals surface area contributed by atoms with E-state index in [9.17, 15) is 4.79 Å². The van der Waals surface area contributed by atoms with Crippen LogP contribution in [0.5, 0.6) is 0 Å². The number of benzene rings is 1. The normalized spacial score (nSPS) is 15.9. The van der Waals surface area contributed by atoms with Crippen LogP contribution in [0.3, 0.4) is 0 Å². The first-order chi connectivity index (χ1) is 10.6. The molecule has 0 atom stereocenters. The number of aryl methyl sites for hydroxylation is 1. The Balaban J connectivity index is 1.77. The average Bonchev–Trinajstić information content (AvgIpc) is 2.91. The van der Waals surface area contributed by atoms with Crippen LogP contribution in [0.2, 0.25) is 5.02 Å². The second kappa shape index (κ2) is 6.63. The van der Waals surface area contributed by atoms with Crippen molar-refractivity contribution in [1.29, 1.82) is 0 Å². The zero-order valence-electron chi connectivity index (χ0n) is 12.5. The Morgan fingerprint density at radius 2 is 1.95 bits per heavy atom. The number of ketones is 1. The molecule has 0 amide bonds. The number of hydrogen-bond donors (Lipinski definition) is 0. The molecule has 1 fully saturated rings. The fourth-order valence-corrected chi connectivity index (χ4v) is 2.93. The standard InChI is InChI=1S/C17H18ClNO3/c1-11-2-4-13(5-3-11)16-15(18)17(22-19-16)14(20)10-12-6-8-21-9-7-12/h2-5,12H,6-10H2,1H3. The van der Waals surface area contributed by atoms with Crippen molar-refractivity contribution in [2.24, 2.45) is 5.92 Å². The fourth-order valence-electron chi connectivity index (χ4n) is 2.65. The molecule has 0 radical (unpaired) electrons. The first-order valence-corrected chi connectivity index (χ1v) is 7.86. The van der Waals surface area contributed by atoms with Crippen LogP contribution in [-0.2, 0) is 4.74 Å². The largest absolute Gasteiger partial charge is 0.381 e. The lowest BCUT2D eigenvalue weighted by atomic mass is 9.93. The molecular weight excluding hydrogens is 302 g/mol. The third-order valence-corrected chi connectivity index (χ3v) is 4.38. The molecule has 2 aromatic rings. The van der Waals surface area contributed by atoms with Gasteiger partial charge in [-0.1, -0.05) is 46.6 Å². The Morgan fingerprint density at radius 3 is 2.64 bits per heavy atom. The molecule has 1 aliphatic heterocycles. The minimum Gasteiger partial charge on any atom is -0.381 e. The van der Waals surface area contributed by atoms with Crippen molar-refractivity contribution in [3.63, 3.8) is 0 Å². The van der Waals surface area contributed by atoms with Gasteiger partial charge in [0.05, 0.1) is 0 Å². The van der Waals surface area contributed by atoms with Crippen molar-refractivity contribution >= 4 is 17.4 Å². The number of hydrogen-bond acceptors (Lipinski definition) is 4. The number of halogens is 1. The van der Waals surface area contributed by atoms with Gasteiger partial charge in [-0.3, -0.25) is 4.79 Å². The second-order valence-electron chi connectivity index (χ2n) is 5.72. The summed E-state index contributed by atoms with van der Waals surface area (Å²) < 4.78 is 10.5. The van der Waals surface area contributed by atoms with Crippen LogP contribution in [0.1, 0.15) is 35.4 Å². The van der Waals surface area contributed by atoms with Gasteiger partial charge in [-0.25, -0.2) is 0 Å². The zero-order valence-corrected chi connectivity index (χ0v) is 13.2. The van der Waals surface area contributed by atoms with Crippen LogP contribution >= 0.6 is 11.6 Å². The highest BCUT2D eigenvalue weighted by atomic mass is 35.5. The molecule has 0 spiro atoms. The van der Waals surface area contributed by atoms with Crippen molar-refractivity contribution in [3.8, 4) is 11.3 Å². The van der Waals surface area contributed by atoms with E-state index in [4.69, 9.17) is 20.9 Å². The van der Waals surface area contributed by atoms with Gasteiger partial charge in [0.2, 0.25) is 11.5 Å². The summed E-state index contributed by atoms with van der Waals surface area (Å²) in [6.07, 6.45) is 2.25. The summed E-state index contributed by atoms with van der Waals surface area (Å²) >= 11 is 6.31. The molecular formula is C17H18ClNO3. The fraction of sp³-hybridized carbons (Fsp3) is 0.412. The minimum atomic E-state index is -0.0808. The van der Waals surface area contributed by atoms with E-state index in [0.717, 1.165) is 37.2 Å². The molecule has 116 valence electrons. The number of carbonyl (C=O) groups excluding carboxylic acids is 1. The van der Waals surface area contributed by atoms with E-state index in [1.165, 1.54) is 0 Å². The molecule has 5 heteroatoms. The first-order valence-electron chi connectivity index (χ1n) is 7.48. The lowest BCUT2D eigenvalue weighted by Crippen LogP contribution is -2.18. The lowest BCUT2D eigenvalue weighted by Gasteiger charge is -2.20. The van der Waals surface area contributed by atoms with Crippen LogP contribution in [0.15, 0.2) is 28.8 Å². The van der Waals surface area contributed by atoms with Crippen LogP contribution < -0.4 is 0 Å². The molecule has 22 heavy (non-hydrogen) atoms. The van der Waals surface area contributed by atoms with Gasteiger partial charge in [0.25, 0.3) is 0 Å². The van der Waals surface area contributed by atoms with Gasteiger partial charge in [0.15, 0.2) is 0 Å². The summed E-state index contributed by atoms with van der Waals surface area (Å²) in [7, 11) is 0. The summed E-state index contributed by atoms with van der Waals surface area (Å²) in [4.78, 5) is 12.4. The summed E-state index contributed by atoms with van der Waals surface area (Å²) in [6, 6.07) is 7.80. The Hall–Kier alpha value is -1.65. The molecule has 0 aliphatic carbocycles. The van der Waals surface area contributed by atoms with E-state index in [0.29, 0.717) is 23.1 Å². The predicted octanol–water partition coefficient (Wildman–Crippen LogP) is 4.30. The topological polar surface area (TPSA) is 52.3 Å². The highest BCUT2D eigenvalue weighted by molar-refractivity contribution is 6.35. The van der Waals surface area contributed by atoms with Gasteiger partial charge in [-0.15, -0.1) is 0 Å². The molecule has 1 aromatic carbocycles. The van der Waals surface area contributed by atoms with E-state index in [-0.39, 0.29) is 11.5 Å². The van der Waals surface area contributed by atoms with Crippen LogP contribution in [0.4, 0.5) is 0 Å². The van der Waals surface area contributed by atoms with Crippen LogP contribution in [0.25, 0.3) is 11.3 Å². The molecule has 1 saturated heterocycles. The molecule has 3 rings (SSSR count). The van der Waals surface area contributed by atoms with Crippen LogP contribution in [-0.4, -0.2) is 24.2 Å². The quantitative estimate of drug-likeness (QED) is 0.788. The number of aromatic nitrogens is 1. The molecule has 1 aromatic heterocycles. The Bertz CT molecular complexity index is 657. The number of ether oxygens (including phenoxy) is 1. The van der Waals surface area contributed by atoms with E-state index in [1.807, 2.05) is 31.2 Å². The smallest absolute Gasteiger partial charge is 0.221 e.